The van der Waals surface area contributed by atoms with E-state index in [4.69, 9.17) is 0 Å². The molecule has 4 atom stereocenters. The highest BCUT2D eigenvalue weighted by atomic mass is 14.4. The average Bonchev–Trinajstić information content (AvgIpc) is 2.61. The van der Waals surface area contributed by atoms with Gasteiger partial charge < -0.3 is 0 Å². The fourth-order valence-electron chi connectivity index (χ4n) is 4.70. The van der Waals surface area contributed by atoms with Gasteiger partial charge in [-0.15, -0.1) is 0 Å². The van der Waals surface area contributed by atoms with Gasteiger partial charge in [0.1, 0.15) is 0 Å². The van der Waals surface area contributed by atoms with Crippen molar-refractivity contribution in [2.75, 3.05) is 0 Å². The topological polar surface area (TPSA) is 0 Å². The molecule has 0 spiro atoms. The quantitative estimate of drug-likeness (QED) is 0.521. The summed E-state index contributed by atoms with van der Waals surface area (Å²) in [5.41, 5.74) is 0. The fraction of sp³-hybridized carbons (Fsp3) is 1.00. The molecule has 0 N–H and O–H groups in total. The molecule has 0 aromatic heterocycles. The maximum Gasteiger partial charge on any atom is -0.0360 e. The summed E-state index contributed by atoms with van der Waals surface area (Å²) in [6.07, 6.45) is 18.2. The molecule has 0 nitrogen and oxygen atoms in total. The van der Waals surface area contributed by atoms with E-state index in [1.54, 1.807) is 19.3 Å². The molecule has 18 heavy (non-hydrogen) atoms. The van der Waals surface area contributed by atoms with E-state index in [2.05, 4.69) is 13.8 Å². The maximum absolute atomic E-state index is 2.55. The Labute approximate surface area is 115 Å². The standard InChI is InChI=1S/C18H34/c1-3-4-10-16-11-8-12-17(14-16)18-13-7-5-6-9-15(18)2/h15-18H,3-14H2,1-2H3. The normalized spacial score (nSPS) is 38.3. The van der Waals surface area contributed by atoms with E-state index < -0.39 is 0 Å². The summed E-state index contributed by atoms with van der Waals surface area (Å²) < 4.78 is 0. The summed E-state index contributed by atoms with van der Waals surface area (Å²) >= 11 is 0. The van der Waals surface area contributed by atoms with Gasteiger partial charge in [-0.2, -0.15) is 0 Å². The lowest BCUT2D eigenvalue weighted by Gasteiger charge is -2.37. The molecule has 0 aliphatic heterocycles. The van der Waals surface area contributed by atoms with Gasteiger partial charge in [0, 0.05) is 0 Å². The third-order valence-electron chi connectivity index (χ3n) is 5.82. The Morgan fingerprint density at radius 3 is 2.56 bits per heavy atom. The first-order valence-electron chi connectivity index (χ1n) is 8.81. The molecular formula is C18H34. The Hall–Kier alpha value is 0. The number of hydrogen-bond acceptors (Lipinski definition) is 0. The van der Waals surface area contributed by atoms with E-state index in [-0.39, 0.29) is 0 Å². The first kappa shape index (κ1) is 14.4. The minimum Gasteiger partial charge on any atom is -0.0654 e. The van der Waals surface area contributed by atoms with Gasteiger partial charge in [0.15, 0.2) is 0 Å². The molecule has 0 radical (unpaired) electrons. The Morgan fingerprint density at radius 2 is 1.72 bits per heavy atom. The van der Waals surface area contributed by atoms with Crippen LogP contribution in [0.25, 0.3) is 0 Å². The van der Waals surface area contributed by atoms with Crippen LogP contribution in [0.2, 0.25) is 0 Å². The molecule has 0 aromatic rings. The predicted octanol–water partition coefficient (Wildman–Crippen LogP) is 6.20. The smallest absolute Gasteiger partial charge is 0.0360 e. The molecule has 2 rings (SSSR count). The van der Waals surface area contributed by atoms with E-state index >= 15 is 0 Å². The van der Waals surface area contributed by atoms with Gasteiger partial charge in [0.25, 0.3) is 0 Å². The van der Waals surface area contributed by atoms with Crippen molar-refractivity contribution in [1.29, 1.82) is 0 Å². The summed E-state index contributed by atoms with van der Waals surface area (Å²) in [4.78, 5) is 0. The zero-order chi connectivity index (χ0) is 12.8. The van der Waals surface area contributed by atoms with Crippen molar-refractivity contribution in [2.24, 2.45) is 23.7 Å². The first-order chi connectivity index (χ1) is 8.81. The van der Waals surface area contributed by atoms with Crippen molar-refractivity contribution in [2.45, 2.75) is 90.9 Å². The van der Waals surface area contributed by atoms with Crippen molar-refractivity contribution in [3.63, 3.8) is 0 Å². The van der Waals surface area contributed by atoms with Crippen molar-refractivity contribution in [3.05, 3.63) is 0 Å². The Balaban J connectivity index is 1.86. The summed E-state index contributed by atoms with van der Waals surface area (Å²) in [7, 11) is 0. The molecule has 0 saturated heterocycles. The maximum atomic E-state index is 2.55. The van der Waals surface area contributed by atoms with Crippen LogP contribution in [-0.2, 0) is 0 Å². The van der Waals surface area contributed by atoms with Gasteiger partial charge in [0.2, 0.25) is 0 Å². The van der Waals surface area contributed by atoms with Crippen LogP contribution in [0.5, 0.6) is 0 Å². The van der Waals surface area contributed by atoms with Crippen LogP contribution in [0.4, 0.5) is 0 Å². The first-order valence-corrected chi connectivity index (χ1v) is 8.81. The van der Waals surface area contributed by atoms with Crippen molar-refractivity contribution >= 4 is 0 Å². The zero-order valence-electron chi connectivity index (χ0n) is 12.8. The Kier molecular flexibility index (Phi) is 6.05. The van der Waals surface area contributed by atoms with Gasteiger partial charge >= 0.3 is 0 Å². The van der Waals surface area contributed by atoms with Crippen LogP contribution in [0.3, 0.4) is 0 Å². The molecule has 2 aliphatic carbocycles. The second kappa shape index (κ2) is 7.56. The van der Waals surface area contributed by atoms with E-state index in [0.717, 1.165) is 23.7 Å². The van der Waals surface area contributed by atoms with Gasteiger partial charge in [-0.1, -0.05) is 78.1 Å². The minimum atomic E-state index is 1.02. The SMILES string of the molecule is CCCCC1CCCC(C2CCCCCC2C)C1. The lowest BCUT2D eigenvalue weighted by atomic mass is 9.69. The van der Waals surface area contributed by atoms with Crippen LogP contribution in [0, 0.1) is 23.7 Å². The van der Waals surface area contributed by atoms with Crippen LogP contribution < -0.4 is 0 Å². The number of hydrogen-bond donors (Lipinski definition) is 0. The highest BCUT2D eigenvalue weighted by Crippen LogP contribution is 2.43. The fourth-order valence-corrected chi connectivity index (χ4v) is 4.70. The molecule has 0 aromatic carbocycles. The highest BCUT2D eigenvalue weighted by Gasteiger charge is 2.31. The lowest BCUT2D eigenvalue weighted by Crippen LogP contribution is -2.26. The predicted molar refractivity (Wildman–Crippen MR) is 80.7 cm³/mol. The third kappa shape index (κ3) is 4.00. The number of unbranched alkanes of at least 4 members (excludes halogenated alkanes) is 1. The van der Waals surface area contributed by atoms with Crippen LogP contribution in [0.15, 0.2) is 0 Å². The molecule has 0 heteroatoms. The highest BCUT2D eigenvalue weighted by molar-refractivity contribution is 4.82. The molecule has 0 heterocycles. The van der Waals surface area contributed by atoms with Crippen molar-refractivity contribution < 1.29 is 0 Å². The number of rotatable bonds is 4. The second-order valence-electron chi connectivity index (χ2n) is 7.21. The van der Waals surface area contributed by atoms with E-state index in [1.165, 1.54) is 57.8 Å². The summed E-state index contributed by atoms with van der Waals surface area (Å²) in [6.45, 7) is 4.89. The summed E-state index contributed by atoms with van der Waals surface area (Å²) in [5.74, 6) is 4.27. The molecule has 106 valence electrons. The largest absolute Gasteiger partial charge is 0.0654 e. The summed E-state index contributed by atoms with van der Waals surface area (Å²) in [5, 5.41) is 0. The van der Waals surface area contributed by atoms with Crippen molar-refractivity contribution in [3.8, 4) is 0 Å². The zero-order valence-corrected chi connectivity index (χ0v) is 12.8. The average molecular weight is 250 g/mol. The minimum absolute atomic E-state index is 1.02. The molecule has 2 fully saturated rings. The monoisotopic (exact) mass is 250 g/mol. The van der Waals surface area contributed by atoms with Gasteiger partial charge in [-0.3, -0.25) is 0 Å². The second-order valence-corrected chi connectivity index (χ2v) is 7.21. The van der Waals surface area contributed by atoms with Gasteiger partial charge in [0.05, 0.1) is 0 Å². The van der Waals surface area contributed by atoms with E-state index in [1.807, 2.05) is 0 Å². The lowest BCUT2D eigenvalue weighted by molar-refractivity contribution is 0.139. The molecule has 0 bridgehead atoms. The Bertz CT molecular complexity index is 220. The van der Waals surface area contributed by atoms with Crippen LogP contribution in [-0.4, -0.2) is 0 Å². The third-order valence-corrected chi connectivity index (χ3v) is 5.82. The molecule has 4 unspecified atom stereocenters. The van der Waals surface area contributed by atoms with Crippen LogP contribution >= 0.6 is 0 Å². The van der Waals surface area contributed by atoms with Crippen molar-refractivity contribution in [1.82, 2.24) is 0 Å². The molecule has 2 saturated carbocycles. The van der Waals surface area contributed by atoms with Gasteiger partial charge in [-0.05, 0) is 36.5 Å². The molecular weight excluding hydrogens is 216 g/mol. The van der Waals surface area contributed by atoms with Crippen LogP contribution in [0.1, 0.15) is 90.9 Å². The van der Waals surface area contributed by atoms with E-state index in [0.29, 0.717) is 0 Å². The van der Waals surface area contributed by atoms with E-state index in [9.17, 15) is 0 Å². The van der Waals surface area contributed by atoms with Gasteiger partial charge in [-0.25, -0.2) is 0 Å². The molecule has 2 aliphatic rings. The summed E-state index contributed by atoms with van der Waals surface area (Å²) in [6, 6.07) is 0. The Morgan fingerprint density at radius 1 is 0.889 bits per heavy atom. The molecule has 0 amide bonds.